The Morgan fingerprint density at radius 3 is 2.68 bits per heavy atom. The van der Waals surface area contributed by atoms with Crippen LogP contribution in [-0.2, 0) is 4.79 Å². The van der Waals surface area contributed by atoms with E-state index in [9.17, 15) is 4.79 Å². The minimum Gasteiger partial charge on any atom is -0.330 e. The molecule has 0 heterocycles. The predicted molar refractivity (Wildman–Crippen MR) is 79.6 cm³/mol. The number of nitrogens with one attached hydrogen (secondary N) is 1. The van der Waals surface area contributed by atoms with E-state index in [-0.39, 0.29) is 17.7 Å². The van der Waals surface area contributed by atoms with E-state index in [4.69, 9.17) is 28.9 Å². The Labute approximate surface area is 123 Å². The number of nitrogens with two attached hydrogens (primary N) is 1. The summed E-state index contributed by atoms with van der Waals surface area (Å²) in [5.41, 5.74) is 6.43. The van der Waals surface area contributed by atoms with E-state index in [1.165, 1.54) is 6.42 Å². The van der Waals surface area contributed by atoms with Crippen LogP contribution in [0, 0.1) is 11.8 Å². The van der Waals surface area contributed by atoms with Crippen molar-refractivity contribution in [2.45, 2.75) is 25.7 Å². The van der Waals surface area contributed by atoms with Gasteiger partial charge in [0.05, 0.1) is 10.0 Å². The standard InChI is InChI=1S/C14H18Cl2N2O/c15-12-6-5-10(7-13(12)16)18-14(19)11-4-2-1-3-9(11)8-17/h5-7,9,11H,1-4,8,17H2,(H,18,19). The molecule has 1 saturated carbocycles. The predicted octanol–water partition coefficient (Wildman–Crippen LogP) is 3.70. The van der Waals surface area contributed by atoms with Crippen molar-refractivity contribution in [3.63, 3.8) is 0 Å². The third-order valence-corrected chi connectivity index (χ3v) is 4.47. The molecule has 1 aliphatic rings. The fourth-order valence-electron chi connectivity index (χ4n) is 2.64. The van der Waals surface area contributed by atoms with E-state index in [1.54, 1.807) is 18.2 Å². The first kappa shape index (κ1) is 14.6. The maximum Gasteiger partial charge on any atom is 0.227 e. The Morgan fingerprint density at radius 2 is 2.00 bits per heavy atom. The summed E-state index contributed by atoms with van der Waals surface area (Å²) in [6, 6.07) is 5.11. The molecule has 2 rings (SSSR count). The quantitative estimate of drug-likeness (QED) is 0.894. The second kappa shape index (κ2) is 6.60. The number of amides is 1. The Balaban J connectivity index is 2.05. The molecule has 2 unspecified atom stereocenters. The number of hydrogen-bond acceptors (Lipinski definition) is 2. The van der Waals surface area contributed by atoms with Crippen LogP contribution in [0.15, 0.2) is 18.2 Å². The summed E-state index contributed by atoms with van der Waals surface area (Å²) < 4.78 is 0. The highest BCUT2D eigenvalue weighted by molar-refractivity contribution is 6.42. The average Bonchev–Trinajstić information content (AvgIpc) is 2.43. The highest BCUT2D eigenvalue weighted by Crippen LogP contribution is 2.31. The van der Waals surface area contributed by atoms with Gasteiger partial charge in [0.25, 0.3) is 0 Å². The molecule has 2 atom stereocenters. The molecular formula is C14H18Cl2N2O. The van der Waals surface area contributed by atoms with Gasteiger partial charge in [-0.05, 0) is 43.5 Å². The minimum atomic E-state index is 0.00760. The number of rotatable bonds is 3. The molecule has 0 radical (unpaired) electrons. The minimum absolute atomic E-state index is 0.00760. The number of anilines is 1. The van der Waals surface area contributed by atoms with Gasteiger partial charge in [0.2, 0.25) is 5.91 Å². The number of carbonyl (C=O) groups excluding carboxylic acids is 1. The van der Waals surface area contributed by atoms with Gasteiger partial charge in [-0.3, -0.25) is 4.79 Å². The monoisotopic (exact) mass is 300 g/mol. The van der Waals surface area contributed by atoms with Gasteiger partial charge in [0.1, 0.15) is 0 Å². The first-order chi connectivity index (χ1) is 9.11. The van der Waals surface area contributed by atoms with E-state index < -0.39 is 0 Å². The zero-order chi connectivity index (χ0) is 13.8. The van der Waals surface area contributed by atoms with E-state index in [2.05, 4.69) is 5.32 Å². The Morgan fingerprint density at radius 1 is 1.26 bits per heavy atom. The molecular weight excluding hydrogens is 283 g/mol. The Bertz CT molecular complexity index is 465. The highest BCUT2D eigenvalue weighted by Gasteiger charge is 2.29. The molecule has 104 valence electrons. The van der Waals surface area contributed by atoms with E-state index in [0.29, 0.717) is 22.3 Å². The largest absolute Gasteiger partial charge is 0.330 e. The van der Waals surface area contributed by atoms with E-state index in [0.717, 1.165) is 19.3 Å². The molecule has 3 N–H and O–H groups in total. The fraction of sp³-hybridized carbons (Fsp3) is 0.500. The van der Waals surface area contributed by atoms with Crippen molar-refractivity contribution in [3.05, 3.63) is 28.2 Å². The molecule has 0 aromatic heterocycles. The van der Waals surface area contributed by atoms with Gasteiger partial charge in [-0.15, -0.1) is 0 Å². The smallest absolute Gasteiger partial charge is 0.227 e. The van der Waals surface area contributed by atoms with Crippen molar-refractivity contribution in [1.82, 2.24) is 0 Å². The van der Waals surface area contributed by atoms with Gasteiger partial charge in [0, 0.05) is 11.6 Å². The lowest BCUT2D eigenvalue weighted by molar-refractivity contribution is -0.122. The summed E-state index contributed by atoms with van der Waals surface area (Å²) in [6.45, 7) is 0.569. The maximum atomic E-state index is 12.3. The molecule has 1 fully saturated rings. The molecule has 0 saturated heterocycles. The van der Waals surface area contributed by atoms with Crippen LogP contribution in [0.4, 0.5) is 5.69 Å². The van der Waals surface area contributed by atoms with Crippen molar-refractivity contribution in [2.24, 2.45) is 17.6 Å². The van der Waals surface area contributed by atoms with Crippen LogP contribution < -0.4 is 11.1 Å². The lowest BCUT2D eigenvalue weighted by Crippen LogP contribution is -2.35. The second-order valence-corrected chi connectivity index (χ2v) is 5.82. The van der Waals surface area contributed by atoms with Crippen molar-refractivity contribution in [2.75, 3.05) is 11.9 Å². The average molecular weight is 301 g/mol. The van der Waals surface area contributed by atoms with Crippen LogP contribution in [0.5, 0.6) is 0 Å². The topological polar surface area (TPSA) is 55.1 Å². The maximum absolute atomic E-state index is 12.3. The van der Waals surface area contributed by atoms with Gasteiger partial charge < -0.3 is 11.1 Å². The van der Waals surface area contributed by atoms with Crippen LogP contribution in [0.1, 0.15) is 25.7 Å². The van der Waals surface area contributed by atoms with Crippen LogP contribution in [-0.4, -0.2) is 12.5 Å². The lowest BCUT2D eigenvalue weighted by atomic mass is 9.78. The van der Waals surface area contributed by atoms with Crippen LogP contribution >= 0.6 is 23.2 Å². The molecule has 1 aliphatic carbocycles. The van der Waals surface area contributed by atoms with Gasteiger partial charge in [-0.2, -0.15) is 0 Å². The molecule has 0 bridgehead atoms. The molecule has 0 spiro atoms. The summed E-state index contributed by atoms with van der Waals surface area (Å²) in [4.78, 5) is 12.3. The van der Waals surface area contributed by atoms with Crippen LogP contribution in [0.25, 0.3) is 0 Å². The van der Waals surface area contributed by atoms with Crippen molar-refractivity contribution in [3.8, 4) is 0 Å². The third-order valence-electron chi connectivity index (χ3n) is 3.74. The van der Waals surface area contributed by atoms with Gasteiger partial charge in [0.15, 0.2) is 0 Å². The van der Waals surface area contributed by atoms with Crippen LogP contribution in [0.2, 0.25) is 10.0 Å². The third kappa shape index (κ3) is 3.62. The summed E-state index contributed by atoms with van der Waals surface area (Å²) in [7, 11) is 0. The number of hydrogen-bond donors (Lipinski definition) is 2. The molecule has 1 aromatic carbocycles. The van der Waals surface area contributed by atoms with Gasteiger partial charge in [-0.1, -0.05) is 36.0 Å². The summed E-state index contributed by atoms with van der Waals surface area (Å²) in [5.74, 6) is 0.332. The Hall–Kier alpha value is -0.770. The molecule has 1 amide bonds. The van der Waals surface area contributed by atoms with Crippen molar-refractivity contribution < 1.29 is 4.79 Å². The second-order valence-electron chi connectivity index (χ2n) is 5.00. The summed E-state index contributed by atoms with van der Waals surface area (Å²) >= 11 is 11.8. The zero-order valence-corrected chi connectivity index (χ0v) is 12.2. The first-order valence-electron chi connectivity index (χ1n) is 6.58. The lowest BCUT2D eigenvalue weighted by Gasteiger charge is -2.29. The number of halogens is 2. The fourth-order valence-corrected chi connectivity index (χ4v) is 2.94. The van der Waals surface area contributed by atoms with E-state index in [1.807, 2.05) is 0 Å². The molecule has 0 aliphatic heterocycles. The van der Waals surface area contributed by atoms with Crippen molar-refractivity contribution in [1.29, 1.82) is 0 Å². The molecule has 5 heteroatoms. The molecule has 19 heavy (non-hydrogen) atoms. The van der Waals surface area contributed by atoms with E-state index >= 15 is 0 Å². The van der Waals surface area contributed by atoms with Crippen LogP contribution in [0.3, 0.4) is 0 Å². The number of benzene rings is 1. The summed E-state index contributed by atoms with van der Waals surface area (Å²) in [6.07, 6.45) is 4.21. The zero-order valence-electron chi connectivity index (χ0n) is 10.7. The summed E-state index contributed by atoms with van der Waals surface area (Å²) in [5, 5.41) is 3.83. The normalized spacial score (nSPS) is 23.1. The Kier molecular flexibility index (Phi) is 5.08. The number of carbonyl (C=O) groups is 1. The van der Waals surface area contributed by atoms with Gasteiger partial charge >= 0.3 is 0 Å². The molecule has 3 nitrogen and oxygen atoms in total. The molecule has 1 aromatic rings. The highest BCUT2D eigenvalue weighted by atomic mass is 35.5. The SMILES string of the molecule is NCC1CCCCC1C(=O)Nc1ccc(Cl)c(Cl)c1. The first-order valence-corrected chi connectivity index (χ1v) is 7.33. The van der Waals surface area contributed by atoms with Crippen molar-refractivity contribution >= 4 is 34.8 Å². The van der Waals surface area contributed by atoms with Gasteiger partial charge in [-0.25, -0.2) is 0 Å².